The van der Waals surface area contributed by atoms with Crippen molar-refractivity contribution >= 4 is 0 Å². The fourth-order valence-corrected chi connectivity index (χ4v) is 1.66. The molecule has 4 nitrogen and oxygen atoms in total. The molecule has 0 bridgehead atoms. The number of unbranched alkanes of at least 4 members (excludes halogenated alkanes) is 1. The summed E-state index contributed by atoms with van der Waals surface area (Å²) in [5.74, 6) is 0. The molecule has 4 heteroatoms. The Morgan fingerprint density at radius 3 is 2.88 bits per heavy atom. The zero-order valence-corrected chi connectivity index (χ0v) is 10.5. The van der Waals surface area contributed by atoms with Gasteiger partial charge in [0.1, 0.15) is 0 Å². The number of aryl methyl sites for hydroxylation is 1. The highest BCUT2D eigenvalue weighted by molar-refractivity contribution is 5.08. The van der Waals surface area contributed by atoms with E-state index in [4.69, 9.17) is 0 Å². The molecule has 0 saturated carbocycles. The second-order valence-electron chi connectivity index (χ2n) is 4.41. The Labute approximate surface area is 97.7 Å². The van der Waals surface area contributed by atoms with Crippen LogP contribution in [0, 0.1) is 0 Å². The van der Waals surface area contributed by atoms with Crippen LogP contribution in [0.1, 0.15) is 44.8 Å². The minimum atomic E-state index is -0.460. The number of hydrogen-bond acceptors (Lipinski definition) is 3. The van der Waals surface area contributed by atoms with E-state index in [0.29, 0.717) is 12.6 Å². The van der Waals surface area contributed by atoms with Crippen LogP contribution >= 0.6 is 0 Å². The number of hydrogen-bond donors (Lipinski definition) is 2. The lowest BCUT2D eigenvalue weighted by Crippen LogP contribution is -2.30. The summed E-state index contributed by atoms with van der Waals surface area (Å²) < 4.78 is 1.71. The summed E-state index contributed by atoms with van der Waals surface area (Å²) in [4.78, 5) is 0. The van der Waals surface area contributed by atoms with Crippen molar-refractivity contribution in [3.05, 3.63) is 18.0 Å². The summed E-state index contributed by atoms with van der Waals surface area (Å²) in [5, 5.41) is 17.3. The smallest absolute Gasteiger partial charge is 0.0944 e. The second-order valence-corrected chi connectivity index (χ2v) is 4.41. The van der Waals surface area contributed by atoms with Crippen molar-refractivity contribution in [2.75, 3.05) is 6.54 Å². The lowest BCUT2D eigenvalue weighted by molar-refractivity contribution is 0.169. The Bertz CT molecular complexity index is 298. The monoisotopic (exact) mass is 225 g/mol. The Kier molecular flexibility index (Phi) is 5.49. The lowest BCUT2D eigenvalue weighted by Gasteiger charge is -2.16. The summed E-state index contributed by atoms with van der Waals surface area (Å²) >= 11 is 0. The summed E-state index contributed by atoms with van der Waals surface area (Å²) in [7, 11) is 1.85. The molecule has 1 aromatic rings. The van der Waals surface area contributed by atoms with Gasteiger partial charge in [-0.05, 0) is 13.3 Å². The van der Waals surface area contributed by atoms with Crippen molar-refractivity contribution in [3.8, 4) is 0 Å². The fourth-order valence-electron chi connectivity index (χ4n) is 1.66. The molecule has 0 amide bonds. The molecular formula is C12H23N3O. The van der Waals surface area contributed by atoms with Crippen LogP contribution in [0.2, 0.25) is 0 Å². The molecule has 0 fully saturated rings. The molecule has 0 spiro atoms. The normalized spacial score (nSPS) is 15.0. The molecule has 2 N–H and O–H groups in total. The standard InChI is InChI=1S/C12H23N3O/c1-4-5-6-10(2)13-8-12(16)11-7-14-15(3)9-11/h7,9-10,12-13,16H,4-6,8H2,1-3H3. The van der Waals surface area contributed by atoms with Gasteiger partial charge in [-0.25, -0.2) is 0 Å². The van der Waals surface area contributed by atoms with Gasteiger partial charge < -0.3 is 10.4 Å². The van der Waals surface area contributed by atoms with Gasteiger partial charge in [0, 0.05) is 31.4 Å². The maximum absolute atomic E-state index is 9.89. The molecule has 92 valence electrons. The first-order chi connectivity index (χ1) is 7.63. The van der Waals surface area contributed by atoms with E-state index in [2.05, 4.69) is 24.3 Å². The topological polar surface area (TPSA) is 50.1 Å². The van der Waals surface area contributed by atoms with Gasteiger partial charge in [-0.15, -0.1) is 0 Å². The van der Waals surface area contributed by atoms with Crippen LogP contribution in [-0.4, -0.2) is 27.5 Å². The molecular weight excluding hydrogens is 202 g/mol. The van der Waals surface area contributed by atoms with Gasteiger partial charge in [0.2, 0.25) is 0 Å². The minimum absolute atomic E-state index is 0.460. The van der Waals surface area contributed by atoms with Crippen molar-refractivity contribution in [1.29, 1.82) is 0 Å². The van der Waals surface area contributed by atoms with E-state index >= 15 is 0 Å². The quantitative estimate of drug-likeness (QED) is 0.741. The molecule has 0 saturated heterocycles. The van der Waals surface area contributed by atoms with Crippen LogP contribution in [0.5, 0.6) is 0 Å². The Balaban J connectivity index is 2.27. The second kappa shape index (κ2) is 6.66. The van der Waals surface area contributed by atoms with E-state index in [1.165, 1.54) is 12.8 Å². The van der Waals surface area contributed by atoms with Gasteiger partial charge in [0.25, 0.3) is 0 Å². The summed E-state index contributed by atoms with van der Waals surface area (Å²) in [5.41, 5.74) is 0.873. The zero-order chi connectivity index (χ0) is 12.0. The highest BCUT2D eigenvalue weighted by atomic mass is 16.3. The summed E-state index contributed by atoms with van der Waals surface area (Å²) in [6, 6.07) is 0.464. The molecule has 0 aliphatic heterocycles. The van der Waals surface area contributed by atoms with Crippen molar-refractivity contribution < 1.29 is 5.11 Å². The summed E-state index contributed by atoms with van der Waals surface area (Å²) in [6.07, 6.45) is 6.72. The van der Waals surface area contributed by atoms with Crippen LogP contribution in [0.15, 0.2) is 12.4 Å². The average Bonchev–Trinajstić information content (AvgIpc) is 2.69. The third-order valence-electron chi connectivity index (χ3n) is 2.76. The van der Waals surface area contributed by atoms with Gasteiger partial charge in [0.05, 0.1) is 12.3 Å². The zero-order valence-electron chi connectivity index (χ0n) is 10.5. The van der Waals surface area contributed by atoms with E-state index in [9.17, 15) is 5.11 Å². The van der Waals surface area contributed by atoms with Gasteiger partial charge in [-0.2, -0.15) is 5.10 Å². The molecule has 16 heavy (non-hydrogen) atoms. The molecule has 1 heterocycles. The van der Waals surface area contributed by atoms with Crippen molar-refractivity contribution in [3.63, 3.8) is 0 Å². The number of aliphatic hydroxyl groups excluding tert-OH is 1. The molecule has 0 aliphatic rings. The van der Waals surface area contributed by atoms with Gasteiger partial charge in [-0.3, -0.25) is 4.68 Å². The van der Waals surface area contributed by atoms with Crippen LogP contribution in [-0.2, 0) is 7.05 Å². The highest BCUT2D eigenvalue weighted by Crippen LogP contribution is 2.10. The van der Waals surface area contributed by atoms with E-state index in [1.54, 1.807) is 10.9 Å². The molecule has 0 aliphatic carbocycles. The maximum atomic E-state index is 9.89. The average molecular weight is 225 g/mol. The third-order valence-corrected chi connectivity index (χ3v) is 2.76. The van der Waals surface area contributed by atoms with Gasteiger partial charge in [-0.1, -0.05) is 19.8 Å². The Hall–Kier alpha value is -0.870. The Morgan fingerprint density at radius 2 is 2.31 bits per heavy atom. The van der Waals surface area contributed by atoms with Crippen molar-refractivity contribution in [1.82, 2.24) is 15.1 Å². The van der Waals surface area contributed by atoms with Crippen LogP contribution in [0.3, 0.4) is 0 Å². The van der Waals surface area contributed by atoms with Gasteiger partial charge >= 0.3 is 0 Å². The Morgan fingerprint density at radius 1 is 1.56 bits per heavy atom. The first-order valence-corrected chi connectivity index (χ1v) is 6.03. The molecule has 2 atom stereocenters. The molecule has 1 aromatic heterocycles. The van der Waals surface area contributed by atoms with Gasteiger partial charge in [0.15, 0.2) is 0 Å². The van der Waals surface area contributed by atoms with Crippen molar-refractivity contribution in [2.45, 2.75) is 45.3 Å². The van der Waals surface area contributed by atoms with E-state index in [1.807, 2.05) is 13.2 Å². The molecule has 1 rings (SSSR count). The number of aliphatic hydroxyl groups is 1. The number of nitrogens with one attached hydrogen (secondary N) is 1. The minimum Gasteiger partial charge on any atom is -0.387 e. The molecule has 0 radical (unpaired) electrons. The van der Waals surface area contributed by atoms with E-state index < -0.39 is 6.10 Å². The molecule has 2 unspecified atom stereocenters. The first-order valence-electron chi connectivity index (χ1n) is 6.03. The number of aromatic nitrogens is 2. The SMILES string of the molecule is CCCCC(C)NCC(O)c1cnn(C)c1. The van der Waals surface area contributed by atoms with Crippen LogP contribution < -0.4 is 5.32 Å². The molecule has 0 aromatic carbocycles. The van der Waals surface area contributed by atoms with Crippen LogP contribution in [0.4, 0.5) is 0 Å². The number of nitrogens with zero attached hydrogens (tertiary/aromatic N) is 2. The number of rotatable bonds is 7. The predicted octanol–water partition coefficient (Wildman–Crippen LogP) is 1.62. The lowest BCUT2D eigenvalue weighted by atomic mass is 10.1. The predicted molar refractivity (Wildman–Crippen MR) is 65.2 cm³/mol. The van der Waals surface area contributed by atoms with Crippen molar-refractivity contribution in [2.24, 2.45) is 7.05 Å². The largest absolute Gasteiger partial charge is 0.387 e. The van der Waals surface area contributed by atoms with E-state index in [-0.39, 0.29) is 0 Å². The maximum Gasteiger partial charge on any atom is 0.0944 e. The first kappa shape index (κ1) is 13.2. The van der Waals surface area contributed by atoms with Crippen LogP contribution in [0.25, 0.3) is 0 Å². The third kappa shape index (κ3) is 4.33. The van der Waals surface area contributed by atoms with E-state index in [0.717, 1.165) is 12.0 Å². The fraction of sp³-hybridized carbons (Fsp3) is 0.750. The summed E-state index contributed by atoms with van der Waals surface area (Å²) in [6.45, 7) is 4.94. The highest BCUT2D eigenvalue weighted by Gasteiger charge is 2.10.